The molecule has 4 nitrogen and oxygen atoms in total. The maximum absolute atomic E-state index is 11.2. The summed E-state index contributed by atoms with van der Waals surface area (Å²) in [5, 5.41) is 8.86. The molecule has 0 aromatic heterocycles. The van der Waals surface area contributed by atoms with E-state index >= 15 is 0 Å². The molecule has 0 spiro atoms. The van der Waals surface area contributed by atoms with Crippen molar-refractivity contribution in [2.24, 2.45) is 0 Å². The van der Waals surface area contributed by atoms with Crippen molar-refractivity contribution in [2.75, 3.05) is 13.2 Å². The van der Waals surface area contributed by atoms with E-state index < -0.39 is 11.7 Å². The quantitative estimate of drug-likeness (QED) is 0.573. The zero-order valence-electron chi connectivity index (χ0n) is 7.12. The van der Waals surface area contributed by atoms with Crippen LogP contribution in [0.2, 0.25) is 0 Å². The van der Waals surface area contributed by atoms with E-state index in [4.69, 9.17) is 5.11 Å². The summed E-state index contributed by atoms with van der Waals surface area (Å²) in [5.74, 6) is -0.915. The molecule has 1 atom stereocenters. The fraction of sp³-hybridized carbons (Fsp3) is 0.750. The summed E-state index contributed by atoms with van der Waals surface area (Å²) in [6.07, 6.45) is 1.68. The molecule has 4 heteroatoms. The van der Waals surface area contributed by atoms with Gasteiger partial charge in [-0.1, -0.05) is 0 Å². The van der Waals surface area contributed by atoms with Crippen LogP contribution < -0.4 is 0 Å². The molecule has 1 heterocycles. The van der Waals surface area contributed by atoms with Gasteiger partial charge in [-0.2, -0.15) is 0 Å². The Morgan fingerprint density at radius 3 is 2.75 bits per heavy atom. The number of nitrogens with zero attached hydrogens (tertiary/aromatic N) is 1. The molecule has 1 aliphatic rings. The fourth-order valence-electron chi connectivity index (χ4n) is 1.50. The van der Waals surface area contributed by atoms with Gasteiger partial charge < -0.3 is 10.0 Å². The van der Waals surface area contributed by atoms with Crippen LogP contribution in [0.5, 0.6) is 0 Å². The van der Waals surface area contributed by atoms with Crippen LogP contribution in [0.4, 0.5) is 0 Å². The third kappa shape index (κ3) is 1.64. The van der Waals surface area contributed by atoms with Crippen molar-refractivity contribution in [3.63, 3.8) is 0 Å². The Bertz CT molecular complexity index is 202. The van der Waals surface area contributed by atoms with Gasteiger partial charge in [-0.25, -0.2) is 0 Å². The standard InChI is InChI=1S/C8H13NO3/c1-6(11)8(12)9-4-2-3-7(9)5-10/h7,10H,2-5H2,1H3. The molecular formula is C8H13NO3. The lowest BCUT2D eigenvalue weighted by Crippen LogP contribution is -2.40. The van der Waals surface area contributed by atoms with E-state index in [1.165, 1.54) is 11.8 Å². The second kappa shape index (κ2) is 3.67. The first-order valence-electron chi connectivity index (χ1n) is 4.09. The van der Waals surface area contributed by atoms with Crippen LogP contribution in [0.15, 0.2) is 0 Å². The zero-order valence-corrected chi connectivity index (χ0v) is 7.12. The number of carbonyl (C=O) groups is 2. The second-order valence-corrected chi connectivity index (χ2v) is 3.03. The highest BCUT2D eigenvalue weighted by atomic mass is 16.3. The van der Waals surface area contributed by atoms with Gasteiger partial charge in [-0.3, -0.25) is 9.59 Å². The minimum absolute atomic E-state index is 0.0426. The highest BCUT2D eigenvalue weighted by Gasteiger charge is 2.29. The minimum atomic E-state index is -0.466. The molecule has 0 aromatic rings. The second-order valence-electron chi connectivity index (χ2n) is 3.03. The maximum Gasteiger partial charge on any atom is 0.289 e. The van der Waals surface area contributed by atoms with Crippen LogP contribution in [-0.4, -0.2) is 40.9 Å². The number of amides is 1. The van der Waals surface area contributed by atoms with Gasteiger partial charge in [0, 0.05) is 13.5 Å². The Morgan fingerprint density at radius 2 is 2.25 bits per heavy atom. The molecule has 1 rings (SSSR count). The molecule has 1 amide bonds. The third-order valence-electron chi connectivity index (χ3n) is 2.15. The molecule has 0 radical (unpaired) electrons. The summed E-state index contributed by atoms with van der Waals surface area (Å²) < 4.78 is 0. The van der Waals surface area contributed by atoms with Crippen LogP contribution in [0.3, 0.4) is 0 Å². The average molecular weight is 171 g/mol. The van der Waals surface area contributed by atoms with Crippen LogP contribution >= 0.6 is 0 Å². The maximum atomic E-state index is 11.2. The van der Waals surface area contributed by atoms with Crippen molar-refractivity contribution in [2.45, 2.75) is 25.8 Å². The highest BCUT2D eigenvalue weighted by Crippen LogP contribution is 2.16. The molecule has 1 aliphatic heterocycles. The van der Waals surface area contributed by atoms with Gasteiger partial charge in [-0.15, -0.1) is 0 Å². The van der Waals surface area contributed by atoms with Crippen molar-refractivity contribution in [3.05, 3.63) is 0 Å². The van der Waals surface area contributed by atoms with Crippen LogP contribution in [-0.2, 0) is 9.59 Å². The van der Waals surface area contributed by atoms with Crippen molar-refractivity contribution < 1.29 is 14.7 Å². The number of likely N-dealkylation sites (tertiary alicyclic amines) is 1. The van der Waals surface area contributed by atoms with Gasteiger partial charge in [-0.05, 0) is 12.8 Å². The fourth-order valence-corrected chi connectivity index (χ4v) is 1.50. The number of aliphatic hydroxyl groups excluding tert-OH is 1. The van der Waals surface area contributed by atoms with Crippen molar-refractivity contribution >= 4 is 11.7 Å². The predicted molar refractivity (Wildman–Crippen MR) is 42.5 cm³/mol. The summed E-state index contributed by atoms with van der Waals surface area (Å²) in [6, 6.07) is -0.138. The summed E-state index contributed by atoms with van der Waals surface area (Å²) in [7, 11) is 0. The number of aliphatic hydroxyl groups is 1. The predicted octanol–water partition coefficient (Wildman–Crippen LogP) is -0.441. The lowest BCUT2D eigenvalue weighted by molar-refractivity contribution is -0.144. The van der Waals surface area contributed by atoms with E-state index in [0.29, 0.717) is 6.54 Å². The molecule has 1 fully saturated rings. The Hall–Kier alpha value is -0.900. The monoisotopic (exact) mass is 171 g/mol. The molecule has 0 aromatic carbocycles. The summed E-state index contributed by atoms with van der Waals surface area (Å²) >= 11 is 0. The molecular weight excluding hydrogens is 158 g/mol. The molecule has 68 valence electrons. The van der Waals surface area contributed by atoms with Crippen LogP contribution in [0.25, 0.3) is 0 Å². The van der Waals surface area contributed by atoms with E-state index in [1.807, 2.05) is 0 Å². The van der Waals surface area contributed by atoms with Crippen LogP contribution in [0.1, 0.15) is 19.8 Å². The molecule has 0 aliphatic carbocycles. The van der Waals surface area contributed by atoms with Crippen molar-refractivity contribution in [1.82, 2.24) is 4.90 Å². The summed E-state index contributed by atoms with van der Waals surface area (Å²) in [5.41, 5.74) is 0. The molecule has 1 saturated heterocycles. The first-order valence-corrected chi connectivity index (χ1v) is 4.09. The minimum Gasteiger partial charge on any atom is -0.394 e. The Balaban J connectivity index is 2.61. The molecule has 12 heavy (non-hydrogen) atoms. The van der Waals surface area contributed by atoms with E-state index in [1.54, 1.807) is 0 Å². The van der Waals surface area contributed by atoms with Crippen LogP contribution in [0, 0.1) is 0 Å². The molecule has 1 unspecified atom stereocenters. The topological polar surface area (TPSA) is 57.6 Å². The largest absolute Gasteiger partial charge is 0.394 e. The lowest BCUT2D eigenvalue weighted by Gasteiger charge is -2.21. The Kier molecular flexibility index (Phi) is 2.81. The molecule has 0 bridgehead atoms. The third-order valence-corrected chi connectivity index (χ3v) is 2.15. The number of rotatable bonds is 2. The van der Waals surface area contributed by atoms with Gasteiger partial charge in [0.1, 0.15) is 0 Å². The SMILES string of the molecule is CC(=O)C(=O)N1CCCC1CO. The van der Waals surface area contributed by atoms with Gasteiger partial charge >= 0.3 is 0 Å². The molecule has 0 saturated carbocycles. The summed E-state index contributed by atoms with van der Waals surface area (Å²) in [4.78, 5) is 23.4. The average Bonchev–Trinajstić information content (AvgIpc) is 2.49. The van der Waals surface area contributed by atoms with E-state index in [2.05, 4.69) is 0 Å². The first-order chi connectivity index (χ1) is 5.66. The number of hydrogen-bond donors (Lipinski definition) is 1. The van der Waals surface area contributed by atoms with E-state index in [0.717, 1.165) is 12.8 Å². The van der Waals surface area contributed by atoms with Gasteiger partial charge in [0.2, 0.25) is 5.78 Å². The first kappa shape index (κ1) is 9.19. The highest BCUT2D eigenvalue weighted by molar-refractivity contribution is 6.35. The van der Waals surface area contributed by atoms with E-state index in [9.17, 15) is 9.59 Å². The number of carbonyl (C=O) groups excluding carboxylic acids is 2. The number of hydrogen-bond acceptors (Lipinski definition) is 3. The zero-order chi connectivity index (χ0) is 9.14. The van der Waals surface area contributed by atoms with E-state index in [-0.39, 0.29) is 12.6 Å². The van der Waals surface area contributed by atoms with Gasteiger partial charge in [0.05, 0.1) is 12.6 Å². The van der Waals surface area contributed by atoms with Crippen molar-refractivity contribution in [1.29, 1.82) is 0 Å². The Morgan fingerprint density at radius 1 is 1.58 bits per heavy atom. The normalized spacial score (nSPS) is 22.8. The summed E-state index contributed by atoms with van der Waals surface area (Å²) in [6.45, 7) is 1.82. The van der Waals surface area contributed by atoms with Gasteiger partial charge in [0.25, 0.3) is 5.91 Å². The Labute approximate surface area is 71.2 Å². The lowest BCUT2D eigenvalue weighted by atomic mass is 10.2. The number of ketones is 1. The van der Waals surface area contributed by atoms with Gasteiger partial charge in [0.15, 0.2) is 0 Å². The van der Waals surface area contributed by atoms with Crippen molar-refractivity contribution in [3.8, 4) is 0 Å². The number of Topliss-reactive ketones (excluding diaryl/α,β-unsaturated/α-hetero) is 1. The molecule has 1 N–H and O–H groups in total. The smallest absolute Gasteiger partial charge is 0.289 e.